The Morgan fingerprint density at radius 2 is 1.95 bits per heavy atom. The summed E-state index contributed by atoms with van der Waals surface area (Å²) in [4.78, 5) is 0.534. The molecule has 0 heterocycles. The summed E-state index contributed by atoms with van der Waals surface area (Å²) in [6.07, 6.45) is 0.443. The lowest BCUT2D eigenvalue weighted by molar-refractivity contribution is 0.584. The molecule has 3 N–H and O–H groups in total. The summed E-state index contributed by atoms with van der Waals surface area (Å²) in [7, 11) is -4.54. The van der Waals surface area contributed by atoms with E-state index in [0.29, 0.717) is 22.9 Å². The monoisotopic (exact) mass is 334 g/mol. The van der Waals surface area contributed by atoms with E-state index in [1.807, 2.05) is 0 Å². The topological polar surface area (TPSA) is 89.3 Å². The summed E-state index contributed by atoms with van der Waals surface area (Å²) in [6.45, 7) is 1.96. The van der Waals surface area contributed by atoms with Crippen LogP contribution in [0.25, 0.3) is 0 Å². The lowest BCUT2D eigenvalue weighted by atomic mass is 10.1. The molecule has 1 unspecified atom stereocenters. The smallest absolute Gasteiger partial charge is 0.240 e. The lowest BCUT2D eigenvalue weighted by Crippen LogP contribution is -2.28. The van der Waals surface area contributed by atoms with Crippen molar-refractivity contribution in [3.05, 3.63) is 29.8 Å². The molecular formula is C12H18N2O3S3. The van der Waals surface area contributed by atoms with E-state index in [9.17, 15) is 12.6 Å². The first kappa shape index (κ1) is 17.2. The summed E-state index contributed by atoms with van der Waals surface area (Å²) in [5, 5.41) is 0. The number of hydrogen-bond donors (Lipinski definition) is 2. The second-order valence-electron chi connectivity index (χ2n) is 4.12. The third kappa shape index (κ3) is 5.66. The van der Waals surface area contributed by atoms with Crippen molar-refractivity contribution in [3.8, 4) is 0 Å². The van der Waals surface area contributed by atoms with Gasteiger partial charge in [0.05, 0.1) is 9.88 Å². The minimum Gasteiger partial charge on any atom is -0.393 e. The maximum atomic E-state index is 12.0. The molecule has 0 bridgehead atoms. The van der Waals surface area contributed by atoms with Gasteiger partial charge in [-0.3, -0.25) is 4.21 Å². The number of thiocarbonyl (C=S) groups is 1. The average molecular weight is 334 g/mol. The van der Waals surface area contributed by atoms with Crippen LogP contribution in [0.15, 0.2) is 29.2 Å². The molecule has 0 saturated heterocycles. The van der Waals surface area contributed by atoms with Crippen LogP contribution in [0.1, 0.15) is 12.5 Å². The average Bonchev–Trinajstić information content (AvgIpc) is 2.38. The van der Waals surface area contributed by atoms with E-state index in [1.165, 1.54) is 12.1 Å². The van der Waals surface area contributed by atoms with Crippen LogP contribution in [-0.4, -0.2) is 35.7 Å². The van der Waals surface area contributed by atoms with Gasteiger partial charge in [0, 0.05) is 35.3 Å². The molecule has 0 saturated carbocycles. The second-order valence-corrected chi connectivity index (χ2v) is 8.27. The van der Waals surface area contributed by atoms with Crippen molar-refractivity contribution in [3.63, 3.8) is 0 Å². The molecule has 0 radical (unpaired) electrons. The molecule has 0 aliphatic carbocycles. The van der Waals surface area contributed by atoms with Gasteiger partial charge in [0.25, 0.3) is 0 Å². The number of nitrogens with one attached hydrogen (secondary N) is 1. The fraction of sp³-hybridized carbons (Fsp3) is 0.417. The van der Waals surface area contributed by atoms with Crippen LogP contribution in [0.5, 0.6) is 0 Å². The number of sulfonamides is 1. The van der Waals surface area contributed by atoms with Crippen molar-refractivity contribution >= 4 is 38.0 Å². The molecule has 8 heteroatoms. The first-order valence-corrected chi connectivity index (χ1v) is 9.45. The van der Waals surface area contributed by atoms with E-state index in [0.717, 1.165) is 5.56 Å². The molecule has 0 spiro atoms. The van der Waals surface area contributed by atoms with Gasteiger partial charge in [-0.25, -0.2) is 13.1 Å². The zero-order chi connectivity index (χ0) is 15.2. The molecular weight excluding hydrogens is 316 g/mol. The van der Waals surface area contributed by atoms with Gasteiger partial charge < -0.3 is 5.73 Å². The zero-order valence-corrected chi connectivity index (χ0v) is 13.6. The van der Waals surface area contributed by atoms with Crippen LogP contribution in [-0.2, 0) is 27.2 Å². The van der Waals surface area contributed by atoms with Crippen LogP contribution < -0.4 is 10.5 Å². The molecule has 1 aromatic carbocycles. The maximum Gasteiger partial charge on any atom is 0.240 e. The minimum atomic E-state index is -3.56. The molecule has 0 aliphatic heterocycles. The Labute approximate surface area is 127 Å². The summed E-state index contributed by atoms with van der Waals surface area (Å²) in [6, 6.07) is 6.37. The first-order valence-electron chi connectivity index (χ1n) is 6.07. The number of benzene rings is 1. The van der Waals surface area contributed by atoms with Crippen LogP contribution in [0.3, 0.4) is 0 Å². The van der Waals surface area contributed by atoms with Crippen LogP contribution in [0.2, 0.25) is 0 Å². The molecule has 5 nitrogen and oxygen atoms in total. The second kappa shape index (κ2) is 7.82. The van der Waals surface area contributed by atoms with Crippen molar-refractivity contribution in [1.29, 1.82) is 0 Å². The Kier molecular flexibility index (Phi) is 6.74. The summed E-state index contributed by atoms with van der Waals surface area (Å²) in [5.74, 6) is 0.838. The molecule has 1 aromatic rings. The molecule has 20 heavy (non-hydrogen) atoms. The standard InChI is InChI=1S/C12H18N2O3S3/c1-2-19(15)8-7-14-20(16,17)11-5-3-10(4-6-11)9-12(13)18/h3-6,14H,2,7-9H2,1H3,(H2,13,18). The van der Waals surface area contributed by atoms with E-state index in [4.69, 9.17) is 18.0 Å². The Morgan fingerprint density at radius 1 is 1.35 bits per heavy atom. The van der Waals surface area contributed by atoms with Crippen molar-refractivity contribution in [2.45, 2.75) is 18.2 Å². The maximum absolute atomic E-state index is 12.0. The molecule has 112 valence electrons. The summed E-state index contributed by atoms with van der Waals surface area (Å²) < 4.78 is 37.6. The van der Waals surface area contributed by atoms with Gasteiger partial charge >= 0.3 is 0 Å². The summed E-state index contributed by atoms with van der Waals surface area (Å²) in [5.41, 5.74) is 6.29. The molecule has 0 aliphatic rings. The SMILES string of the molecule is CCS(=O)CCNS(=O)(=O)c1ccc(CC(N)=S)cc1. The predicted molar refractivity (Wildman–Crippen MR) is 85.7 cm³/mol. The minimum absolute atomic E-state index is 0.164. The third-order valence-corrected chi connectivity index (χ3v) is 5.48. The van der Waals surface area contributed by atoms with Crippen LogP contribution in [0.4, 0.5) is 0 Å². The van der Waals surface area contributed by atoms with E-state index in [-0.39, 0.29) is 11.4 Å². The Hall–Kier alpha value is -0.830. The Balaban J connectivity index is 2.68. The largest absolute Gasteiger partial charge is 0.393 e. The van der Waals surface area contributed by atoms with Crippen LogP contribution in [0, 0.1) is 0 Å². The molecule has 1 rings (SSSR count). The highest BCUT2D eigenvalue weighted by Crippen LogP contribution is 2.10. The molecule has 0 amide bonds. The van der Waals surface area contributed by atoms with E-state index < -0.39 is 20.8 Å². The van der Waals surface area contributed by atoms with E-state index >= 15 is 0 Å². The molecule has 0 aromatic heterocycles. The Morgan fingerprint density at radius 3 is 2.45 bits per heavy atom. The van der Waals surface area contributed by atoms with Crippen molar-refractivity contribution < 1.29 is 12.6 Å². The van der Waals surface area contributed by atoms with Gasteiger partial charge in [-0.2, -0.15) is 0 Å². The van der Waals surface area contributed by atoms with Gasteiger partial charge in [-0.15, -0.1) is 0 Å². The number of hydrogen-bond acceptors (Lipinski definition) is 4. The molecule has 0 fully saturated rings. The zero-order valence-electron chi connectivity index (χ0n) is 11.2. The van der Waals surface area contributed by atoms with Gasteiger partial charge in [0.15, 0.2) is 0 Å². The fourth-order valence-electron chi connectivity index (χ4n) is 1.51. The van der Waals surface area contributed by atoms with Gasteiger partial charge in [0.1, 0.15) is 0 Å². The van der Waals surface area contributed by atoms with Gasteiger partial charge in [-0.1, -0.05) is 31.3 Å². The lowest BCUT2D eigenvalue weighted by Gasteiger charge is -2.07. The van der Waals surface area contributed by atoms with Gasteiger partial charge in [0.2, 0.25) is 10.0 Å². The summed E-state index contributed by atoms with van der Waals surface area (Å²) >= 11 is 4.80. The number of nitrogens with two attached hydrogens (primary N) is 1. The van der Waals surface area contributed by atoms with E-state index in [2.05, 4.69) is 4.72 Å². The van der Waals surface area contributed by atoms with Crippen molar-refractivity contribution in [1.82, 2.24) is 4.72 Å². The highest BCUT2D eigenvalue weighted by atomic mass is 32.2. The first-order chi connectivity index (χ1) is 9.35. The van der Waals surface area contributed by atoms with E-state index in [1.54, 1.807) is 19.1 Å². The van der Waals surface area contributed by atoms with Crippen molar-refractivity contribution in [2.24, 2.45) is 5.73 Å². The number of rotatable bonds is 8. The highest BCUT2D eigenvalue weighted by molar-refractivity contribution is 7.89. The Bertz CT molecular complexity index is 582. The van der Waals surface area contributed by atoms with Crippen molar-refractivity contribution in [2.75, 3.05) is 18.1 Å². The predicted octanol–water partition coefficient (Wildman–Crippen LogP) is 0.562. The quantitative estimate of drug-likeness (QED) is 0.678. The highest BCUT2D eigenvalue weighted by Gasteiger charge is 2.13. The van der Waals surface area contributed by atoms with Gasteiger partial charge in [-0.05, 0) is 17.7 Å². The fourth-order valence-corrected chi connectivity index (χ4v) is 3.45. The van der Waals surface area contributed by atoms with Crippen LogP contribution >= 0.6 is 12.2 Å². The third-order valence-electron chi connectivity index (χ3n) is 2.56. The molecule has 1 atom stereocenters. The normalized spacial score (nSPS) is 13.1.